The molecular weight excluding hydrogens is 382 g/mol. The number of piperidine rings is 1. The fraction of sp³-hybridized carbons (Fsp3) is 0.591. The summed E-state index contributed by atoms with van der Waals surface area (Å²) in [5.41, 5.74) is 2.15. The highest BCUT2D eigenvalue weighted by atomic mass is 32.2. The van der Waals surface area contributed by atoms with E-state index in [0.717, 1.165) is 23.9 Å². The van der Waals surface area contributed by atoms with E-state index in [-0.39, 0.29) is 11.4 Å². The minimum atomic E-state index is -0.0504. The number of thioether (sulfide) groups is 1. The smallest absolute Gasteiger partial charge is 0.230 e. The van der Waals surface area contributed by atoms with Crippen LogP contribution in [0.25, 0.3) is 5.69 Å². The normalized spacial score (nSPS) is 20.6. The van der Waals surface area contributed by atoms with Crippen molar-refractivity contribution in [1.82, 2.24) is 25.0 Å². The Morgan fingerprint density at radius 2 is 1.86 bits per heavy atom. The zero-order valence-corrected chi connectivity index (χ0v) is 19.0. The van der Waals surface area contributed by atoms with Gasteiger partial charge in [0.1, 0.15) is 6.33 Å². The number of hydrogen-bond donors (Lipinski definition) is 1. The molecule has 7 heteroatoms. The molecule has 0 saturated carbocycles. The summed E-state index contributed by atoms with van der Waals surface area (Å²) in [7, 11) is 0. The lowest BCUT2D eigenvalue weighted by Gasteiger charge is -2.45. The van der Waals surface area contributed by atoms with Gasteiger partial charge < -0.3 is 5.32 Å². The number of rotatable bonds is 7. The van der Waals surface area contributed by atoms with Crippen molar-refractivity contribution in [3.8, 4) is 5.69 Å². The maximum atomic E-state index is 12.5. The third-order valence-electron chi connectivity index (χ3n) is 5.60. The number of carbonyl (C=O) groups excluding carboxylic acids is 1. The van der Waals surface area contributed by atoms with Crippen molar-refractivity contribution in [2.24, 2.45) is 11.8 Å². The molecule has 1 aliphatic rings. The summed E-state index contributed by atoms with van der Waals surface area (Å²) in [6.45, 7) is 14.0. The molecule has 1 aromatic heterocycles. The molecule has 0 aliphatic carbocycles. The van der Waals surface area contributed by atoms with Crippen LogP contribution < -0.4 is 5.32 Å². The van der Waals surface area contributed by atoms with E-state index >= 15 is 0 Å². The van der Waals surface area contributed by atoms with Crippen molar-refractivity contribution in [3.05, 3.63) is 36.2 Å². The van der Waals surface area contributed by atoms with Crippen molar-refractivity contribution >= 4 is 17.7 Å². The Morgan fingerprint density at radius 3 is 2.52 bits per heavy atom. The fourth-order valence-corrected chi connectivity index (χ4v) is 4.73. The number of amides is 1. The molecule has 1 amide bonds. The van der Waals surface area contributed by atoms with E-state index in [1.54, 1.807) is 6.33 Å². The van der Waals surface area contributed by atoms with E-state index in [2.05, 4.69) is 67.2 Å². The Balaban J connectivity index is 1.52. The summed E-state index contributed by atoms with van der Waals surface area (Å²) >= 11 is 1.41. The quantitative estimate of drug-likeness (QED) is 0.701. The zero-order valence-electron chi connectivity index (χ0n) is 18.2. The number of hydrogen-bond acceptors (Lipinski definition) is 5. The topological polar surface area (TPSA) is 63.1 Å². The lowest BCUT2D eigenvalue weighted by atomic mass is 9.88. The van der Waals surface area contributed by atoms with Crippen molar-refractivity contribution in [2.45, 2.75) is 51.7 Å². The van der Waals surface area contributed by atoms with Crippen LogP contribution in [0.4, 0.5) is 0 Å². The van der Waals surface area contributed by atoms with Gasteiger partial charge in [0.05, 0.1) is 5.75 Å². The van der Waals surface area contributed by atoms with E-state index in [9.17, 15) is 4.79 Å². The molecule has 1 fully saturated rings. The Kier molecular flexibility index (Phi) is 7.01. The molecule has 2 unspecified atom stereocenters. The lowest BCUT2D eigenvalue weighted by Crippen LogP contribution is -2.56. The average Bonchev–Trinajstić information content (AvgIpc) is 3.13. The molecule has 29 heavy (non-hydrogen) atoms. The first-order valence-corrected chi connectivity index (χ1v) is 11.3. The first kappa shape index (κ1) is 21.8. The van der Waals surface area contributed by atoms with Crippen LogP contribution >= 0.6 is 11.8 Å². The van der Waals surface area contributed by atoms with Gasteiger partial charge in [-0.2, -0.15) is 0 Å². The molecule has 1 saturated heterocycles. The van der Waals surface area contributed by atoms with Gasteiger partial charge in [-0.15, -0.1) is 10.2 Å². The molecule has 6 nitrogen and oxygen atoms in total. The Hall–Kier alpha value is -1.86. The van der Waals surface area contributed by atoms with Crippen LogP contribution in [0.2, 0.25) is 0 Å². The number of nitrogens with zero attached hydrogens (tertiary/aromatic N) is 4. The van der Waals surface area contributed by atoms with Crippen LogP contribution in [0.15, 0.2) is 35.7 Å². The number of likely N-dealkylation sites (tertiary alicyclic amines) is 1. The van der Waals surface area contributed by atoms with Crippen LogP contribution in [0.1, 0.15) is 39.7 Å². The van der Waals surface area contributed by atoms with Gasteiger partial charge in [-0.1, -0.05) is 43.3 Å². The number of aryl methyl sites for hydroxylation is 1. The summed E-state index contributed by atoms with van der Waals surface area (Å²) in [5.74, 6) is 1.77. The van der Waals surface area contributed by atoms with Gasteiger partial charge in [-0.25, -0.2) is 0 Å². The standard InChI is InChI=1S/C22H33N5OS/c1-16-6-8-19(9-7-16)27-15-24-25-21(27)29-13-20(28)23-14-22(4,5)26-11-17(2)10-18(3)12-26/h6-9,15,17-18H,10-14H2,1-5H3,(H,23,28). The second-order valence-electron chi connectivity index (χ2n) is 9.05. The minimum absolute atomic E-state index is 0.0274. The van der Waals surface area contributed by atoms with Crippen LogP contribution in [0.3, 0.4) is 0 Å². The highest BCUT2D eigenvalue weighted by molar-refractivity contribution is 7.99. The molecular formula is C22H33N5OS. The molecule has 158 valence electrons. The van der Waals surface area contributed by atoms with Gasteiger partial charge in [0.15, 0.2) is 5.16 Å². The molecule has 0 radical (unpaired) electrons. The van der Waals surface area contributed by atoms with Gasteiger partial charge >= 0.3 is 0 Å². The maximum Gasteiger partial charge on any atom is 0.230 e. The SMILES string of the molecule is Cc1ccc(-n2cnnc2SCC(=O)NCC(C)(C)N2CC(C)CC(C)C2)cc1. The van der Waals surface area contributed by atoms with E-state index in [1.807, 2.05) is 16.7 Å². The Morgan fingerprint density at radius 1 is 1.21 bits per heavy atom. The van der Waals surface area contributed by atoms with E-state index in [1.165, 1.54) is 23.7 Å². The van der Waals surface area contributed by atoms with Crippen molar-refractivity contribution in [3.63, 3.8) is 0 Å². The molecule has 1 aliphatic heterocycles. The monoisotopic (exact) mass is 415 g/mol. The largest absolute Gasteiger partial charge is 0.354 e. The predicted molar refractivity (Wildman–Crippen MR) is 118 cm³/mol. The molecule has 1 aromatic carbocycles. The summed E-state index contributed by atoms with van der Waals surface area (Å²) in [6.07, 6.45) is 2.98. The average molecular weight is 416 g/mol. The molecule has 0 spiro atoms. The van der Waals surface area contributed by atoms with Gasteiger partial charge in [-0.3, -0.25) is 14.3 Å². The van der Waals surface area contributed by atoms with Crippen LogP contribution in [-0.2, 0) is 4.79 Å². The van der Waals surface area contributed by atoms with Crippen molar-refractivity contribution in [2.75, 3.05) is 25.4 Å². The molecule has 2 aromatic rings. The van der Waals surface area contributed by atoms with Crippen molar-refractivity contribution < 1.29 is 4.79 Å². The van der Waals surface area contributed by atoms with Crippen LogP contribution in [-0.4, -0.2) is 56.5 Å². The van der Waals surface area contributed by atoms with Crippen molar-refractivity contribution in [1.29, 1.82) is 0 Å². The molecule has 0 bridgehead atoms. The highest BCUT2D eigenvalue weighted by Gasteiger charge is 2.32. The third-order valence-corrected chi connectivity index (χ3v) is 6.55. The molecule has 1 N–H and O–H groups in total. The number of benzene rings is 1. The van der Waals surface area contributed by atoms with Gasteiger partial charge in [-0.05, 0) is 51.2 Å². The third kappa shape index (κ3) is 5.82. The summed E-state index contributed by atoms with van der Waals surface area (Å²) in [6, 6.07) is 8.18. The summed E-state index contributed by atoms with van der Waals surface area (Å²) < 4.78 is 1.91. The van der Waals surface area contributed by atoms with E-state index < -0.39 is 0 Å². The first-order chi connectivity index (χ1) is 13.7. The summed E-state index contributed by atoms with van der Waals surface area (Å²) in [4.78, 5) is 15.0. The van der Waals surface area contributed by atoms with Crippen LogP contribution in [0, 0.1) is 18.8 Å². The van der Waals surface area contributed by atoms with Gasteiger partial charge in [0.2, 0.25) is 5.91 Å². The van der Waals surface area contributed by atoms with E-state index in [0.29, 0.717) is 24.1 Å². The lowest BCUT2D eigenvalue weighted by molar-refractivity contribution is -0.119. The fourth-order valence-electron chi connectivity index (χ4n) is 3.97. The van der Waals surface area contributed by atoms with Gasteiger partial charge in [0.25, 0.3) is 0 Å². The Labute approximate surface area is 178 Å². The highest BCUT2D eigenvalue weighted by Crippen LogP contribution is 2.27. The number of carbonyl (C=O) groups is 1. The molecule has 2 heterocycles. The Bertz CT molecular complexity index is 807. The van der Waals surface area contributed by atoms with Crippen LogP contribution in [0.5, 0.6) is 0 Å². The molecule has 3 rings (SSSR count). The van der Waals surface area contributed by atoms with Gasteiger partial charge in [0, 0.05) is 30.9 Å². The second-order valence-corrected chi connectivity index (χ2v) is 9.99. The zero-order chi connectivity index (χ0) is 21.0. The maximum absolute atomic E-state index is 12.5. The number of nitrogens with one attached hydrogen (secondary N) is 1. The second kappa shape index (κ2) is 9.30. The van der Waals surface area contributed by atoms with E-state index in [4.69, 9.17) is 0 Å². The predicted octanol–water partition coefficient (Wildman–Crippen LogP) is 3.54. The minimum Gasteiger partial charge on any atom is -0.354 e. The summed E-state index contributed by atoms with van der Waals surface area (Å²) in [5, 5.41) is 12.0. The molecule has 2 atom stereocenters. The first-order valence-electron chi connectivity index (χ1n) is 10.4. The number of aromatic nitrogens is 3.